The van der Waals surface area contributed by atoms with Crippen molar-refractivity contribution in [1.29, 1.82) is 0 Å². The van der Waals surface area contributed by atoms with Crippen LogP contribution >= 0.6 is 0 Å². The largest absolute Gasteiger partial charge is 0.317 e. The molecular formula is C12H22N4. The zero-order valence-electron chi connectivity index (χ0n) is 10.3. The first-order valence-electron chi connectivity index (χ1n) is 6.23. The van der Waals surface area contributed by atoms with E-state index in [-0.39, 0.29) is 0 Å². The second-order valence-corrected chi connectivity index (χ2v) is 4.48. The van der Waals surface area contributed by atoms with Crippen LogP contribution < -0.4 is 5.32 Å². The molecule has 4 heteroatoms. The van der Waals surface area contributed by atoms with Crippen LogP contribution in [0.5, 0.6) is 0 Å². The Bertz CT molecular complexity index is 313. The minimum atomic E-state index is 0.715. The zero-order chi connectivity index (χ0) is 11.4. The van der Waals surface area contributed by atoms with Crippen LogP contribution in [-0.4, -0.2) is 40.9 Å². The van der Waals surface area contributed by atoms with Crippen molar-refractivity contribution < 1.29 is 0 Å². The normalized spacial score (nSPS) is 19.1. The van der Waals surface area contributed by atoms with Gasteiger partial charge in [-0.25, -0.2) is 0 Å². The lowest BCUT2D eigenvalue weighted by Crippen LogP contribution is -2.41. The molecule has 0 aromatic carbocycles. The van der Waals surface area contributed by atoms with Gasteiger partial charge in [-0.3, -0.25) is 9.58 Å². The Morgan fingerprint density at radius 3 is 2.81 bits per heavy atom. The van der Waals surface area contributed by atoms with Crippen LogP contribution in [0.15, 0.2) is 12.3 Å². The summed E-state index contributed by atoms with van der Waals surface area (Å²) in [7, 11) is 2.06. The van der Waals surface area contributed by atoms with E-state index in [1.54, 1.807) is 0 Å². The van der Waals surface area contributed by atoms with E-state index in [1.807, 2.05) is 6.20 Å². The molecular weight excluding hydrogens is 200 g/mol. The number of aryl methyl sites for hydroxylation is 1. The maximum Gasteiger partial charge on any atom is 0.0524 e. The van der Waals surface area contributed by atoms with Gasteiger partial charge in [-0.15, -0.1) is 0 Å². The molecule has 4 nitrogen and oxygen atoms in total. The number of nitrogens with one attached hydrogen (secondary N) is 1. The third kappa shape index (κ3) is 2.62. The summed E-state index contributed by atoms with van der Waals surface area (Å²) < 4.78 is 2.09. The molecule has 1 aromatic heterocycles. The Labute approximate surface area is 97.6 Å². The van der Waals surface area contributed by atoms with Crippen molar-refractivity contribution in [2.45, 2.75) is 38.9 Å². The lowest BCUT2D eigenvalue weighted by molar-refractivity contribution is 0.190. The van der Waals surface area contributed by atoms with Gasteiger partial charge >= 0.3 is 0 Å². The minimum Gasteiger partial charge on any atom is -0.317 e. The van der Waals surface area contributed by atoms with Gasteiger partial charge < -0.3 is 5.32 Å². The highest BCUT2D eigenvalue weighted by Crippen LogP contribution is 2.13. The predicted octanol–water partition coefficient (Wildman–Crippen LogP) is 1.09. The second kappa shape index (κ2) is 5.46. The van der Waals surface area contributed by atoms with Gasteiger partial charge in [0.05, 0.1) is 5.69 Å². The Kier molecular flexibility index (Phi) is 3.96. The van der Waals surface area contributed by atoms with Crippen LogP contribution in [0.1, 0.15) is 25.5 Å². The SMILES string of the molecule is CCn1nccc1CN1CCC(NC)CC1. The topological polar surface area (TPSA) is 33.1 Å². The molecule has 16 heavy (non-hydrogen) atoms. The van der Waals surface area contributed by atoms with Crippen molar-refractivity contribution in [2.24, 2.45) is 0 Å². The van der Waals surface area contributed by atoms with E-state index in [1.165, 1.54) is 31.6 Å². The van der Waals surface area contributed by atoms with Crippen molar-refractivity contribution in [3.8, 4) is 0 Å². The number of hydrogen-bond donors (Lipinski definition) is 1. The predicted molar refractivity (Wildman–Crippen MR) is 65.3 cm³/mol. The van der Waals surface area contributed by atoms with Crippen LogP contribution in [-0.2, 0) is 13.1 Å². The van der Waals surface area contributed by atoms with Crippen molar-refractivity contribution in [3.63, 3.8) is 0 Å². The summed E-state index contributed by atoms with van der Waals surface area (Å²) in [5.41, 5.74) is 1.34. The quantitative estimate of drug-likeness (QED) is 0.828. The molecule has 1 saturated heterocycles. The number of hydrogen-bond acceptors (Lipinski definition) is 3. The first kappa shape index (κ1) is 11.6. The van der Waals surface area contributed by atoms with E-state index in [0.717, 1.165) is 13.1 Å². The summed E-state index contributed by atoms with van der Waals surface area (Å²) in [6, 6.07) is 2.85. The second-order valence-electron chi connectivity index (χ2n) is 4.48. The van der Waals surface area contributed by atoms with E-state index in [9.17, 15) is 0 Å². The van der Waals surface area contributed by atoms with Gasteiger partial charge in [0.15, 0.2) is 0 Å². The number of likely N-dealkylation sites (tertiary alicyclic amines) is 1. The summed E-state index contributed by atoms with van der Waals surface area (Å²) >= 11 is 0. The summed E-state index contributed by atoms with van der Waals surface area (Å²) in [5.74, 6) is 0. The van der Waals surface area contributed by atoms with Crippen LogP contribution in [0.25, 0.3) is 0 Å². The van der Waals surface area contributed by atoms with Crippen molar-refractivity contribution >= 4 is 0 Å². The van der Waals surface area contributed by atoms with Gasteiger partial charge in [-0.1, -0.05) is 0 Å². The lowest BCUT2D eigenvalue weighted by atomic mass is 10.1. The third-order valence-corrected chi connectivity index (χ3v) is 3.49. The molecule has 1 aliphatic rings. The maximum atomic E-state index is 4.31. The van der Waals surface area contributed by atoms with Crippen LogP contribution in [0.4, 0.5) is 0 Å². The fourth-order valence-electron chi connectivity index (χ4n) is 2.39. The van der Waals surface area contributed by atoms with E-state index in [2.05, 4.69) is 40.0 Å². The van der Waals surface area contributed by atoms with Crippen LogP contribution in [0, 0.1) is 0 Å². The molecule has 0 unspecified atom stereocenters. The minimum absolute atomic E-state index is 0.715. The average molecular weight is 222 g/mol. The zero-order valence-corrected chi connectivity index (χ0v) is 10.3. The Morgan fingerprint density at radius 1 is 1.44 bits per heavy atom. The standard InChI is InChI=1S/C12H22N4/c1-3-16-12(4-7-14-16)10-15-8-5-11(13-2)6-9-15/h4,7,11,13H,3,5-6,8-10H2,1-2H3. The molecule has 0 saturated carbocycles. The summed E-state index contributed by atoms with van der Waals surface area (Å²) in [4.78, 5) is 2.52. The molecule has 90 valence electrons. The highest BCUT2D eigenvalue weighted by molar-refractivity contribution is 5.00. The summed E-state index contributed by atoms with van der Waals surface area (Å²) in [6.45, 7) is 6.55. The molecule has 0 spiro atoms. The van der Waals surface area contributed by atoms with Crippen molar-refractivity contribution in [2.75, 3.05) is 20.1 Å². The highest BCUT2D eigenvalue weighted by Gasteiger charge is 2.18. The van der Waals surface area contributed by atoms with Gasteiger partial charge in [0.1, 0.15) is 0 Å². The van der Waals surface area contributed by atoms with Gasteiger partial charge in [-0.2, -0.15) is 5.10 Å². The molecule has 1 fully saturated rings. The van der Waals surface area contributed by atoms with Crippen LogP contribution in [0.3, 0.4) is 0 Å². The number of aromatic nitrogens is 2. The van der Waals surface area contributed by atoms with Crippen molar-refractivity contribution in [1.82, 2.24) is 20.0 Å². The molecule has 0 atom stereocenters. The lowest BCUT2D eigenvalue weighted by Gasteiger charge is -2.31. The smallest absolute Gasteiger partial charge is 0.0524 e. The van der Waals surface area contributed by atoms with Gasteiger partial charge in [0.2, 0.25) is 0 Å². The van der Waals surface area contributed by atoms with E-state index < -0.39 is 0 Å². The fourth-order valence-corrected chi connectivity index (χ4v) is 2.39. The molecule has 0 radical (unpaired) electrons. The fraction of sp³-hybridized carbons (Fsp3) is 0.750. The third-order valence-electron chi connectivity index (χ3n) is 3.49. The molecule has 1 aliphatic heterocycles. The molecule has 1 N–H and O–H groups in total. The average Bonchev–Trinajstić information content (AvgIpc) is 2.77. The molecule has 1 aromatic rings. The molecule has 0 amide bonds. The first-order valence-corrected chi connectivity index (χ1v) is 6.23. The van der Waals surface area contributed by atoms with Crippen LogP contribution in [0.2, 0.25) is 0 Å². The summed E-state index contributed by atoms with van der Waals surface area (Å²) in [6.07, 6.45) is 4.42. The van der Waals surface area contributed by atoms with Crippen molar-refractivity contribution in [3.05, 3.63) is 18.0 Å². The van der Waals surface area contributed by atoms with Gasteiger partial charge in [0.25, 0.3) is 0 Å². The first-order chi connectivity index (χ1) is 7.83. The molecule has 2 rings (SSSR count). The molecule has 0 bridgehead atoms. The Morgan fingerprint density at radius 2 is 2.19 bits per heavy atom. The highest BCUT2D eigenvalue weighted by atomic mass is 15.3. The number of rotatable bonds is 4. The Balaban J connectivity index is 1.87. The summed E-state index contributed by atoms with van der Waals surface area (Å²) in [5, 5.41) is 7.67. The van der Waals surface area contributed by atoms with Gasteiger partial charge in [-0.05, 0) is 32.9 Å². The molecule has 0 aliphatic carbocycles. The number of nitrogens with zero attached hydrogens (tertiary/aromatic N) is 3. The van der Waals surface area contributed by atoms with Gasteiger partial charge in [0, 0.05) is 38.4 Å². The maximum absolute atomic E-state index is 4.31. The van der Waals surface area contributed by atoms with E-state index in [0.29, 0.717) is 6.04 Å². The molecule has 2 heterocycles. The monoisotopic (exact) mass is 222 g/mol. The Hall–Kier alpha value is -0.870. The van der Waals surface area contributed by atoms with E-state index in [4.69, 9.17) is 0 Å². The number of piperidine rings is 1. The van der Waals surface area contributed by atoms with E-state index >= 15 is 0 Å².